The Labute approximate surface area is 335 Å². The molecule has 0 aliphatic carbocycles. The minimum absolute atomic E-state index is 0.235. The molecule has 12 rings (SSSR count). The first-order chi connectivity index (χ1) is 29.1. The monoisotopic (exact) mass is 782 g/mol. The molecule has 0 fully saturated rings. The van der Waals surface area contributed by atoms with Crippen molar-refractivity contribution in [2.75, 3.05) is 0 Å². The van der Waals surface area contributed by atoms with Crippen molar-refractivity contribution >= 4 is 77.3 Å². The van der Waals surface area contributed by atoms with E-state index in [1.807, 2.05) is 109 Å². The largest absolute Gasteiger partial charge is 0.742 e. The molecule has 0 unspecified atom stereocenters. The molecule has 13 heteroatoms. The normalized spacial score (nSPS) is 15.1. The number of aliphatic imine (C=N–C) groups is 4. The number of rotatable bonds is 4. The number of hydrogen-bond acceptors (Lipinski definition) is 10. The van der Waals surface area contributed by atoms with Gasteiger partial charge in [0.1, 0.15) is 22.6 Å². The van der Waals surface area contributed by atoms with Gasteiger partial charge in [-0.2, -0.15) is 0 Å². The van der Waals surface area contributed by atoms with Gasteiger partial charge in [-0.3, -0.25) is 8.47 Å². The molecule has 2 aromatic heterocycles. The van der Waals surface area contributed by atoms with Gasteiger partial charge in [0.15, 0.2) is 23.3 Å². The van der Waals surface area contributed by atoms with Crippen LogP contribution in [0.4, 0.5) is 11.6 Å². The molecule has 4 aliphatic rings. The first-order valence-corrected chi connectivity index (χ1v) is 20.6. The second kappa shape index (κ2) is 12.4. The third kappa shape index (κ3) is 4.82. The average molecular weight is 783 g/mol. The Kier molecular flexibility index (Phi) is 6.95. The van der Waals surface area contributed by atoms with Crippen molar-refractivity contribution in [1.82, 2.24) is 8.47 Å². The second-order valence-electron chi connectivity index (χ2n) is 14.2. The molecule has 6 bridgehead atoms. The zero-order valence-corrected chi connectivity index (χ0v) is 31.7. The molecule has 0 atom stereocenters. The second-order valence-corrected chi connectivity index (χ2v) is 16.6. The molecule has 6 heterocycles. The lowest BCUT2D eigenvalue weighted by Gasteiger charge is -2.31. The Morgan fingerprint density at radius 3 is 1.12 bits per heavy atom. The third-order valence-electron chi connectivity index (χ3n) is 10.8. The molecular weight excluding hydrogens is 757 g/mol. The van der Waals surface area contributed by atoms with E-state index in [9.17, 15) is 9.59 Å². The maximum atomic E-state index is 15.0. The van der Waals surface area contributed by atoms with Gasteiger partial charge in [-0.1, -0.05) is 133 Å². The summed E-state index contributed by atoms with van der Waals surface area (Å²) < 4.78 is 17.5. The summed E-state index contributed by atoms with van der Waals surface area (Å²) >= 11 is 0. The number of nitrogens with zero attached hydrogens (tertiary/aromatic N) is 8. The number of aromatic nitrogens is 2. The van der Waals surface area contributed by atoms with Crippen molar-refractivity contribution in [1.29, 1.82) is 0 Å². The van der Waals surface area contributed by atoms with Gasteiger partial charge >= 0.3 is 20.8 Å². The van der Waals surface area contributed by atoms with Crippen LogP contribution in [0.3, 0.4) is 0 Å². The highest BCUT2D eigenvalue weighted by Gasteiger charge is 2.60. The predicted molar refractivity (Wildman–Crippen MR) is 225 cm³/mol. The van der Waals surface area contributed by atoms with E-state index < -0.39 is 20.8 Å². The van der Waals surface area contributed by atoms with Crippen molar-refractivity contribution in [3.05, 3.63) is 202 Å². The van der Waals surface area contributed by atoms with E-state index in [4.69, 9.17) is 38.8 Å². The van der Waals surface area contributed by atoms with Crippen molar-refractivity contribution in [3.8, 4) is 0 Å². The van der Waals surface area contributed by atoms with Gasteiger partial charge in [-0.25, -0.2) is 39.5 Å². The molecule has 0 spiro atoms. The van der Waals surface area contributed by atoms with Crippen molar-refractivity contribution < 1.29 is 18.4 Å². The summed E-state index contributed by atoms with van der Waals surface area (Å²) in [7, 11) is -5.08. The van der Waals surface area contributed by atoms with Crippen LogP contribution in [-0.4, -0.2) is 52.6 Å². The summed E-state index contributed by atoms with van der Waals surface area (Å²) in [5.41, 5.74) is 4.08. The lowest BCUT2D eigenvalue weighted by atomic mass is 10.1. The number of carbonyl (C=O) groups is 2. The van der Waals surface area contributed by atoms with Crippen molar-refractivity contribution in [2.24, 2.45) is 30.0 Å². The fourth-order valence-electron chi connectivity index (χ4n) is 8.15. The topological polar surface area (TPSA) is 137 Å². The van der Waals surface area contributed by atoms with Crippen LogP contribution < -0.4 is 11.0 Å². The van der Waals surface area contributed by atoms with Gasteiger partial charge in [0, 0.05) is 43.8 Å². The molecule has 278 valence electrons. The van der Waals surface area contributed by atoms with Crippen LogP contribution in [0, 0.1) is 0 Å². The fourth-order valence-corrected chi connectivity index (χ4v) is 11.2. The number of carbonyl (C=O) groups excluding carboxylic acids is 2. The molecular formula is C46H26N8O4Si. The van der Waals surface area contributed by atoms with E-state index >= 15 is 0 Å². The van der Waals surface area contributed by atoms with E-state index in [0.717, 1.165) is 22.3 Å². The summed E-state index contributed by atoms with van der Waals surface area (Å²) in [4.78, 5) is 61.4. The standard InChI is InChI=1S/C46H26N8O4Si/c55-45(27-15-3-1-4-16-27)57-59(58-46(56)28-17-5-2-6-18-28)53-41-33-23-11-12-24-34(33)43(53)51-39-31-21-9-10-22-32(31)40(48-39)52-44-36-26-14-13-25-35(36)42(54(44)59)50-38-30-20-8-7-19-29(30)37(47-38)49-41/h1-26H. The highest BCUT2D eigenvalue weighted by molar-refractivity contribution is 6.69. The molecule has 6 aromatic carbocycles. The molecule has 0 saturated carbocycles. The van der Waals surface area contributed by atoms with E-state index in [-0.39, 0.29) is 11.1 Å². The third-order valence-corrected chi connectivity index (χ3v) is 13.7. The summed E-state index contributed by atoms with van der Waals surface area (Å²) in [6.07, 6.45) is 0. The minimum atomic E-state index is -5.08. The van der Waals surface area contributed by atoms with E-state index in [2.05, 4.69) is 0 Å². The van der Waals surface area contributed by atoms with Gasteiger partial charge in [0.25, 0.3) is 0 Å². The Balaban J connectivity index is 1.36. The molecule has 12 nitrogen and oxygen atoms in total. The van der Waals surface area contributed by atoms with Crippen LogP contribution in [0.1, 0.15) is 43.0 Å². The van der Waals surface area contributed by atoms with Crippen LogP contribution >= 0.6 is 0 Å². The Morgan fingerprint density at radius 1 is 0.373 bits per heavy atom. The van der Waals surface area contributed by atoms with E-state index in [1.54, 1.807) is 57.0 Å². The molecule has 0 N–H and O–H groups in total. The molecule has 0 saturated heterocycles. The van der Waals surface area contributed by atoms with Crippen LogP contribution in [0.5, 0.6) is 0 Å². The van der Waals surface area contributed by atoms with Crippen LogP contribution in [-0.2, 0) is 8.85 Å². The smallest absolute Gasteiger partial charge is 0.448 e. The zero-order valence-electron chi connectivity index (χ0n) is 30.7. The lowest BCUT2D eigenvalue weighted by molar-refractivity contribution is 0.0532. The van der Waals surface area contributed by atoms with E-state index in [0.29, 0.717) is 67.5 Å². The summed E-state index contributed by atoms with van der Waals surface area (Å²) in [6.45, 7) is 0. The van der Waals surface area contributed by atoms with Gasteiger partial charge in [0.2, 0.25) is 0 Å². The average Bonchev–Trinajstić information content (AvgIpc) is 4.00. The Bertz CT molecular complexity index is 3220. The summed E-state index contributed by atoms with van der Waals surface area (Å²) in [5.74, 6) is 0.620. The SMILES string of the molecule is O=C(O[Si]1(OC(=O)c2ccccc2)n2c3c4ccccc4c2N=C2N=C(N=c4c5ccccc5c(n41)=NC1=NC(=N3)c3ccccc31)c1ccccc12)c1ccccc1. The number of amidine groups is 4. The molecule has 0 radical (unpaired) electrons. The van der Waals surface area contributed by atoms with Crippen LogP contribution in [0.25, 0.3) is 21.5 Å². The van der Waals surface area contributed by atoms with Gasteiger partial charge in [-0.15, -0.1) is 0 Å². The number of fused-ring (bicyclic) bond motifs is 14. The molecule has 59 heavy (non-hydrogen) atoms. The number of benzene rings is 6. The summed E-state index contributed by atoms with van der Waals surface area (Å²) in [6, 6.07) is 48.0. The molecule has 0 amide bonds. The van der Waals surface area contributed by atoms with Crippen LogP contribution in [0.2, 0.25) is 0 Å². The Hall–Kier alpha value is -8.16. The minimum Gasteiger partial charge on any atom is -0.448 e. The quantitative estimate of drug-likeness (QED) is 0.176. The molecule has 8 aromatic rings. The van der Waals surface area contributed by atoms with Gasteiger partial charge < -0.3 is 8.85 Å². The highest BCUT2D eigenvalue weighted by Crippen LogP contribution is 2.44. The first-order valence-electron chi connectivity index (χ1n) is 18.9. The summed E-state index contributed by atoms with van der Waals surface area (Å²) in [5, 5.41) is 2.58. The first kappa shape index (κ1) is 33.0. The van der Waals surface area contributed by atoms with Crippen molar-refractivity contribution in [2.45, 2.75) is 0 Å². The zero-order chi connectivity index (χ0) is 39.2. The predicted octanol–water partition coefficient (Wildman–Crippen LogP) is 7.09. The van der Waals surface area contributed by atoms with Crippen molar-refractivity contribution in [3.63, 3.8) is 0 Å². The number of hydrogen-bond donors (Lipinski definition) is 0. The maximum absolute atomic E-state index is 15.0. The van der Waals surface area contributed by atoms with Gasteiger partial charge in [0.05, 0.1) is 11.1 Å². The lowest BCUT2D eigenvalue weighted by Crippen LogP contribution is -2.65. The highest BCUT2D eigenvalue weighted by atomic mass is 28.4. The fraction of sp³-hybridized carbons (Fsp3) is 0. The maximum Gasteiger partial charge on any atom is 0.742 e. The molecule has 4 aliphatic heterocycles. The van der Waals surface area contributed by atoms with E-state index in [1.165, 1.54) is 0 Å². The van der Waals surface area contributed by atoms with Gasteiger partial charge in [-0.05, 0) is 24.3 Å². The Morgan fingerprint density at radius 2 is 0.712 bits per heavy atom. The van der Waals surface area contributed by atoms with Crippen LogP contribution in [0.15, 0.2) is 188 Å².